The molecule has 0 amide bonds. The van der Waals surface area contributed by atoms with E-state index in [0.717, 1.165) is 11.8 Å². The highest BCUT2D eigenvalue weighted by molar-refractivity contribution is 8.01. The van der Waals surface area contributed by atoms with Gasteiger partial charge in [0, 0.05) is 4.90 Å². The first-order valence-corrected chi connectivity index (χ1v) is 5.12. The van der Waals surface area contributed by atoms with Crippen molar-refractivity contribution in [1.82, 2.24) is 0 Å². The molecule has 1 rings (SSSR count). The normalized spacial score (nSPS) is 14.2. The number of halogens is 4. The highest BCUT2D eigenvalue weighted by Gasteiger charge is 2.36. The van der Waals surface area contributed by atoms with Gasteiger partial charge in [-0.15, -0.1) is 11.6 Å². The summed E-state index contributed by atoms with van der Waals surface area (Å²) in [5, 5.41) is -3.39. The van der Waals surface area contributed by atoms with Crippen LogP contribution in [0.4, 0.5) is 8.78 Å². The highest BCUT2D eigenvalue weighted by Crippen LogP contribution is 2.38. The number of alkyl halides is 4. The zero-order chi connectivity index (χ0) is 9.90. The second-order valence-corrected chi connectivity index (χ2v) is 4.67. The first-order chi connectivity index (χ1) is 6.00. The molecule has 0 saturated heterocycles. The molecule has 72 valence electrons. The van der Waals surface area contributed by atoms with E-state index in [1.54, 1.807) is 30.3 Å². The van der Waals surface area contributed by atoms with Gasteiger partial charge in [0.05, 0.1) is 0 Å². The van der Waals surface area contributed by atoms with Crippen LogP contribution in [0.5, 0.6) is 0 Å². The van der Waals surface area contributed by atoms with Crippen LogP contribution in [0, 0.1) is 0 Å². The third-order valence-electron chi connectivity index (χ3n) is 1.24. The smallest absolute Gasteiger partial charge is 0.185 e. The van der Waals surface area contributed by atoms with Gasteiger partial charge in [-0.3, -0.25) is 0 Å². The maximum Gasteiger partial charge on any atom is 0.347 e. The van der Waals surface area contributed by atoms with Crippen molar-refractivity contribution in [3.8, 4) is 0 Å². The van der Waals surface area contributed by atoms with Crippen LogP contribution in [0.2, 0.25) is 0 Å². The summed E-state index contributed by atoms with van der Waals surface area (Å²) < 4.78 is 23.4. The van der Waals surface area contributed by atoms with Crippen molar-refractivity contribution < 1.29 is 8.78 Å². The van der Waals surface area contributed by atoms with Crippen LogP contribution in [-0.4, -0.2) is 10.1 Å². The van der Waals surface area contributed by atoms with Gasteiger partial charge < -0.3 is 0 Å². The van der Waals surface area contributed by atoms with Crippen LogP contribution in [0.1, 0.15) is 0 Å². The van der Waals surface area contributed by atoms with Crippen LogP contribution < -0.4 is 0 Å². The van der Waals surface area contributed by atoms with Crippen molar-refractivity contribution in [2.45, 2.75) is 15.0 Å². The molecule has 1 aromatic carbocycles. The first-order valence-electron chi connectivity index (χ1n) is 3.42. The van der Waals surface area contributed by atoms with Crippen LogP contribution in [0.15, 0.2) is 35.2 Å². The van der Waals surface area contributed by atoms with Gasteiger partial charge in [0.25, 0.3) is 0 Å². The Balaban J connectivity index is 2.61. The second kappa shape index (κ2) is 4.49. The summed E-state index contributed by atoms with van der Waals surface area (Å²) in [5.74, 6) is 0. The van der Waals surface area contributed by atoms with Crippen LogP contribution >= 0.6 is 35.0 Å². The highest BCUT2D eigenvalue weighted by atomic mass is 35.5. The van der Waals surface area contributed by atoms with E-state index in [1.165, 1.54) is 0 Å². The molecule has 0 radical (unpaired) electrons. The minimum atomic E-state index is -3.39. The molecule has 0 aliphatic rings. The fourth-order valence-electron chi connectivity index (χ4n) is 0.685. The topological polar surface area (TPSA) is 0 Å². The summed E-state index contributed by atoms with van der Waals surface area (Å²) in [6.45, 7) is 0. The molecule has 0 saturated carbocycles. The summed E-state index contributed by atoms with van der Waals surface area (Å²) in [4.78, 5) is 0.669. The quantitative estimate of drug-likeness (QED) is 0.567. The Bertz CT molecular complexity index is 261. The number of hydrogen-bond donors (Lipinski definition) is 0. The SMILES string of the molecule is FC(F)(Cl)C(Cl)Sc1ccccc1. The predicted molar refractivity (Wildman–Crippen MR) is 52.7 cm³/mol. The number of benzene rings is 1. The van der Waals surface area contributed by atoms with Gasteiger partial charge in [-0.2, -0.15) is 8.78 Å². The average molecular weight is 243 g/mol. The van der Waals surface area contributed by atoms with E-state index in [2.05, 4.69) is 0 Å². The van der Waals surface area contributed by atoms with E-state index < -0.39 is 10.1 Å². The third kappa shape index (κ3) is 3.71. The Hall–Kier alpha value is 0.01000. The molecule has 0 heterocycles. The Morgan fingerprint density at radius 3 is 2.23 bits per heavy atom. The van der Waals surface area contributed by atoms with Gasteiger partial charge in [0.2, 0.25) is 0 Å². The van der Waals surface area contributed by atoms with Crippen molar-refractivity contribution in [2.75, 3.05) is 0 Å². The molecule has 13 heavy (non-hydrogen) atoms. The lowest BCUT2D eigenvalue weighted by atomic mass is 10.4. The molecule has 1 atom stereocenters. The maximum atomic E-state index is 12.4. The molecule has 1 aromatic rings. The lowest BCUT2D eigenvalue weighted by molar-refractivity contribution is 0.114. The van der Waals surface area contributed by atoms with Crippen molar-refractivity contribution in [3.63, 3.8) is 0 Å². The van der Waals surface area contributed by atoms with Gasteiger partial charge in [-0.1, -0.05) is 30.0 Å². The van der Waals surface area contributed by atoms with E-state index in [1.807, 2.05) is 0 Å². The Morgan fingerprint density at radius 2 is 1.77 bits per heavy atom. The Morgan fingerprint density at radius 1 is 1.23 bits per heavy atom. The Kier molecular flexibility index (Phi) is 3.83. The molecular weight excluding hydrogens is 237 g/mol. The summed E-state index contributed by atoms with van der Waals surface area (Å²) in [7, 11) is 0. The van der Waals surface area contributed by atoms with E-state index in [4.69, 9.17) is 23.2 Å². The Labute approximate surface area is 89.2 Å². The number of thioether (sulfide) groups is 1. The standard InChI is InChI=1S/C8H6Cl2F2S/c9-7(8(10,11)12)13-6-4-2-1-3-5-6/h1-5,7H. The summed E-state index contributed by atoms with van der Waals surface area (Å²) in [5.41, 5.74) is 0. The molecule has 0 fully saturated rings. The van der Waals surface area contributed by atoms with Crippen molar-refractivity contribution in [2.24, 2.45) is 0 Å². The van der Waals surface area contributed by atoms with Crippen LogP contribution in [0.3, 0.4) is 0 Å². The second-order valence-electron chi connectivity index (χ2n) is 2.29. The molecule has 0 aromatic heterocycles. The monoisotopic (exact) mass is 242 g/mol. The number of hydrogen-bond acceptors (Lipinski definition) is 1. The largest absolute Gasteiger partial charge is 0.347 e. The zero-order valence-corrected chi connectivity index (χ0v) is 8.71. The van der Waals surface area contributed by atoms with E-state index >= 15 is 0 Å². The van der Waals surface area contributed by atoms with Gasteiger partial charge in [0.15, 0.2) is 4.71 Å². The molecule has 5 heteroatoms. The maximum absolute atomic E-state index is 12.4. The fourth-order valence-corrected chi connectivity index (χ4v) is 1.81. The predicted octanol–water partition coefficient (Wildman–Crippen LogP) is 4.18. The minimum absolute atomic E-state index is 0.669. The summed E-state index contributed by atoms with van der Waals surface area (Å²) in [6, 6.07) is 8.69. The first kappa shape index (κ1) is 11.1. The minimum Gasteiger partial charge on any atom is -0.185 e. The summed E-state index contributed by atoms with van der Waals surface area (Å²) in [6.07, 6.45) is 0. The van der Waals surface area contributed by atoms with Crippen molar-refractivity contribution >= 4 is 35.0 Å². The zero-order valence-electron chi connectivity index (χ0n) is 6.38. The molecule has 0 N–H and O–H groups in total. The molecule has 0 aliphatic carbocycles. The van der Waals surface area contributed by atoms with E-state index in [9.17, 15) is 8.78 Å². The van der Waals surface area contributed by atoms with Crippen LogP contribution in [0.25, 0.3) is 0 Å². The van der Waals surface area contributed by atoms with E-state index in [-0.39, 0.29) is 0 Å². The number of rotatable bonds is 3. The molecular formula is C8H6Cl2F2S. The molecule has 0 nitrogen and oxygen atoms in total. The van der Waals surface area contributed by atoms with Gasteiger partial charge in [-0.25, -0.2) is 0 Å². The van der Waals surface area contributed by atoms with Gasteiger partial charge >= 0.3 is 5.38 Å². The van der Waals surface area contributed by atoms with E-state index in [0.29, 0.717) is 4.90 Å². The fraction of sp³-hybridized carbons (Fsp3) is 0.250. The van der Waals surface area contributed by atoms with Gasteiger partial charge in [0.1, 0.15) is 0 Å². The van der Waals surface area contributed by atoms with Crippen molar-refractivity contribution in [1.29, 1.82) is 0 Å². The van der Waals surface area contributed by atoms with Crippen molar-refractivity contribution in [3.05, 3.63) is 30.3 Å². The summed E-state index contributed by atoms with van der Waals surface area (Å²) >= 11 is 11.0. The van der Waals surface area contributed by atoms with Crippen LogP contribution in [-0.2, 0) is 0 Å². The van der Waals surface area contributed by atoms with Gasteiger partial charge in [-0.05, 0) is 23.7 Å². The third-order valence-corrected chi connectivity index (χ3v) is 3.29. The average Bonchev–Trinajstić information content (AvgIpc) is 2.04. The molecule has 0 spiro atoms. The molecule has 1 unspecified atom stereocenters. The lowest BCUT2D eigenvalue weighted by Crippen LogP contribution is -2.17. The molecule has 0 aliphatic heterocycles. The molecule has 0 bridgehead atoms. The lowest BCUT2D eigenvalue weighted by Gasteiger charge is -2.13.